The zero-order chi connectivity index (χ0) is 21.3. The molecule has 4 rings (SSSR count). The zero-order valence-corrected chi connectivity index (χ0v) is 16.5. The lowest BCUT2D eigenvalue weighted by Gasteiger charge is -2.04. The quantitative estimate of drug-likeness (QED) is 0.569. The molecular weight excluding hydrogens is 380 g/mol. The predicted molar refractivity (Wildman–Crippen MR) is 112 cm³/mol. The average molecular weight is 398 g/mol. The van der Waals surface area contributed by atoms with E-state index in [9.17, 15) is 9.59 Å². The van der Waals surface area contributed by atoms with Crippen LogP contribution in [0.5, 0.6) is 0 Å². The summed E-state index contributed by atoms with van der Waals surface area (Å²) < 4.78 is 2.27. The lowest BCUT2D eigenvalue weighted by atomic mass is 10.0. The number of amides is 1. The summed E-state index contributed by atoms with van der Waals surface area (Å²) in [5.74, 6) is -0.403. The highest BCUT2D eigenvalue weighted by Gasteiger charge is 2.13. The molecule has 0 bridgehead atoms. The van der Waals surface area contributed by atoms with Crippen LogP contribution in [0.4, 0.5) is 5.69 Å². The number of aryl methyl sites for hydroxylation is 2. The molecule has 0 unspecified atom stereocenters. The van der Waals surface area contributed by atoms with E-state index in [1.165, 1.54) is 10.1 Å². The second-order valence-electron chi connectivity index (χ2n) is 6.97. The molecule has 8 nitrogen and oxygen atoms in total. The van der Waals surface area contributed by atoms with E-state index in [-0.39, 0.29) is 6.54 Å². The van der Waals surface area contributed by atoms with Gasteiger partial charge in [-0.3, -0.25) is 4.79 Å². The Morgan fingerprint density at radius 2 is 1.80 bits per heavy atom. The van der Waals surface area contributed by atoms with Gasteiger partial charge in [0.25, 0.3) is 0 Å². The normalized spacial score (nSPS) is 10.7. The standard InChI is InChI=1S/C22H18N6O2/c1-14-3-6-17(11-15(14)2)19-9-10-20-26-27(22(30)28(20)25-19)13-21(29)24-18-7-4-16(12-23)5-8-18/h3-11H,13H2,1-2H3,(H,24,29). The fourth-order valence-electron chi connectivity index (χ4n) is 3.03. The Morgan fingerprint density at radius 3 is 2.50 bits per heavy atom. The van der Waals surface area contributed by atoms with Gasteiger partial charge in [0.2, 0.25) is 5.91 Å². The van der Waals surface area contributed by atoms with Crippen LogP contribution in [0.2, 0.25) is 0 Å². The second kappa shape index (κ2) is 7.64. The number of carbonyl (C=O) groups excluding carboxylic acids is 1. The van der Waals surface area contributed by atoms with Gasteiger partial charge in [0.15, 0.2) is 5.65 Å². The number of aromatic nitrogens is 4. The number of benzene rings is 2. The molecule has 0 aliphatic heterocycles. The van der Waals surface area contributed by atoms with Crippen molar-refractivity contribution < 1.29 is 4.79 Å². The lowest BCUT2D eigenvalue weighted by Crippen LogP contribution is -2.28. The van der Waals surface area contributed by atoms with Crippen molar-refractivity contribution in [3.05, 3.63) is 81.8 Å². The maximum atomic E-state index is 12.7. The topological polar surface area (TPSA) is 105 Å². The smallest absolute Gasteiger partial charge is 0.324 e. The van der Waals surface area contributed by atoms with Crippen molar-refractivity contribution in [3.8, 4) is 17.3 Å². The maximum Gasteiger partial charge on any atom is 0.367 e. The number of rotatable bonds is 4. The molecule has 8 heteroatoms. The maximum absolute atomic E-state index is 12.7. The second-order valence-corrected chi connectivity index (χ2v) is 6.97. The Balaban J connectivity index is 1.58. The third kappa shape index (κ3) is 3.69. The highest BCUT2D eigenvalue weighted by atomic mass is 16.2. The summed E-state index contributed by atoms with van der Waals surface area (Å²) in [7, 11) is 0. The van der Waals surface area contributed by atoms with Gasteiger partial charge in [-0.25, -0.2) is 9.48 Å². The van der Waals surface area contributed by atoms with Gasteiger partial charge in [-0.15, -0.1) is 5.10 Å². The SMILES string of the molecule is Cc1ccc(-c2ccc3nn(CC(=O)Nc4ccc(C#N)cc4)c(=O)n3n2)cc1C. The number of hydrogen-bond donors (Lipinski definition) is 1. The van der Waals surface area contributed by atoms with E-state index >= 15 is 0 Å². The monoisotopic (exact) mass is 398 g/mol. The molecule has 1 amide bonds. The third-order valence-electron chi connectivity index (χ3n) is 4.83. The Labute approximate surface area is 172 Å². The molecule has 30 heavy (non-hydrogen) atoms. The van der Waals surface area contributed by atoms with Crippen molar-refractivity contribution in [3.63, 3.8) is 0 Å². The van der Waals surface area contributed by atoms with Gasteiger partial charge in [-0.05, 0) is 67.4 Å². The number of hydrogen-bond acceptors (Lipinski definition) is 5. The highest BCUT2D eigenvalue weighted by Crippen LogP contribution is 2.20. The summed E-state index contributed by atoms with van der Waals surface area (Å²) in [6.07, 6.45) is 0. The lowest BCUT2D eigenvalue weighted by molar-refractivity contribution is -0.117. The van der Waals surface area contributed by atoms with E-state index < -0.39 is 11.6 Å². The van der Waals surface area contributed by atoms with Crippen LogP contribution < -0.4 is 11.0 Å². The average Bonchev–Trinajstić information content (AvgIpc) is 3.05. The summed E-state index contributed by atoms with van der Waals surface area (Å²) >= 11 is 0. The van der Waals surface area contributed by atoms with Crippen molar-refractivity contribution in [2.45, 2.75) is 20.4 Å². The molecule has 148 valence electrons. The molecule has 0 radical (unpaired) electrons. The molecule has 0 saturated heterocycles. The molecule has 0 atom stereocenters. The van der Waals surface area contributed by atoms with E-state index in [0.29, 0.717) is 22.6 Å². The molecule has 0 fully saturated rings. The summed E-state index contributed by atoms with van der Waals surface area (Å²) in [4.78, 5) is 25.0. The van der Waals surface area contributed by atoms with Crippen LogP contribution in [0, 0.1) is 25.2 Å². The summed E-state index contributed by atoms with van der Waals surface area (Å²) in [6, 6.07) is 18.0. The molecule has 0 saturated carbocycles. The molecule has 2 aromatic heterocycles. The Bertz CT molecular complexity index is 1360. The predicted octanol–water partition coefficient (Wildman–Crippen LogP) is 2.69. The molecule has 0 aliphatic rings. The van der Waals surface area contributed by atoms with Crippen molar-refractivity contribution in [2.24, 2.45) is 0 Å². The van der Waals surface area contributed by atoms with Crippen LogP contribution in [0.25, 0.3) is 16.9 Å². The van der Waals surface area contributed by atoms with E-state index in [2.05, 4.69) is 15.5 Å². The number of fused-ring (bicyclic) bond motifs is 1. The Kier molecular flexibility index (Phi) is 4.86. The number of nitrogens with one attached hydrogen (secondary N) is 1. The van der Waals surface area contributed by atoms with Crippen LogP contribution in [-0.4, -0.2) is 25.3 Å². The number of nitriles is 1. The molecule has 0 aliphatic carbocycles. The van der Waals surface area contributed by atoms with E-state index in [1.807, 2.05) is 38.1 Å². The van der Waals surface area contributed by atoms with Gasteiger partial charge < -0.3 is 5.32 Å². The molecule has 2 aromatic carbocycles. The minimum Gasteiger partial charge on any atom is -0.324 e. The molecule has 4 aromatic rings. The van der Waals surface area contributed by atoms with Crippen molar-refractivity contribution in [1.29, 1.82) is 5.26 Å². The van der Waals surface area contributed by atoms with Gasteiger partial charge in [-0.1, -0.05) is 12.1 Å². The minimum atomic E-state index is -0.495. The highest BCUT2D eigenvalue weighted by molar-refractivity contribution is 5.90. The molecule has 2 heterocycles. The van der Waals surface area contributed by atoms with E-state index in [4.69, 9.17) is 5.26 Å². The van der Waals surface area contributed by atoms with Gasteiger partial charge in [-0.2, -0.15) is 14.9 Å². The fraction of sp³-hybridized carbons (Fsp3) is 0.136. The van der Waals surface area contributed by atoms with Crippen LogP contribution in [0.1, 0.15) is 16.7 Å². The Morgan fingerprint density at radius 1 is 1.03 bits per heavy atom. The van der Waals surface area contributed by atoms with Gasteiger partial charge >= 0.3 is 5.69 Å². The fourth-order valence-corrected chi connectivity index (χ4v) is 3.03. The molecular formula is C22H18N6O2. The first-order chi connectivity index (χ1) is 14.4. The van der Waals surface area contributed by atoms with Crippen LogP contribution in [-0.2, 0) is 11.3 Å². The third-order valence-corrected chi connectivity index (χ3v) is 4.83. The van der Waals surface area contributed by atoms with Crippen LogP contribution in [0.3, 0.4) is 0 Å². The summed E-state index contributed by atoms with van der Waals surface area (Å²) in [5.41, 5.74) is 4.76. The Hall–Kier alpha value is -4.25. The zero-order valence-electron chi connectivity index (χ0n) is 16.5. The van der Waals surface area contributed by atoms with Crippen LogP contribution in [0.15, 0.2) is 59.4 Å². The molecule has 1 N–H and O–H groups in total. The van der Waals surface area contributed by atoms with E-state index in [1.54, 1.807) is 36.4 Å². The number of nitrogens with zero attached hydrogens (tertiary/aromatic N) is 5. The van der Waals surface area contributed by atoms with Gasteiger partial charge in [0.1, 0.15) is 6.54 Å². The summed E-state index contributed by atoms with van der Waals surface area (Å²) in [6.45, 7) is 3.81. The van der Waals surface area contributed by atoms with Crippen molar-refractivity contribution in [2.75, 3.05) is 5.32 Å². The number of carbonyl (C=O) groups is 1. The largest absolute Gasteiger partial charge is 0.367 e. The first-order valence-corrected chi connectivity index (χ1v) is 9.29. The first-order valence-electron chi connectivity index (χ1n) is 9.29. The number of anilines is 1. The van der Waals surface area contributed by atoms with Crippen molar-refractivity contribution in [1.82, 2.24) is 19.4 Å². The summed E-state index contributed by atoms with van der Waals surface area (Å²) in [5, 5.41) is 20.1. The van der Waals surface area contributed by atoms with Crippen molar-refractivity contribution >= 4 is 17.2 Å². The van der Waals surface area contributed by atoms with Crippen LogP contribution >= 0.6 is 0 Å². The van der Waals surface area contributed by atoms with Gasteiger partial charge in [0, 0.05) is 11.3 Å². The first kappa shape index (κ1) is 19.1. The van der Waals surface area contributed by atoms with Gasteiger partial charge in [0.05, 0.1) is 17.3 Å². The van der Waals surface area contributed by atoms with E-state index in [0.717, 1.165) is 15.8 Å². The molecule has 0 spiro atoms. The minimum absolute atomic E-state index is 0.249.